The van der Waals surface area contributed by atoms with Gasteiger partial charge in [0.15, 0.2) is 0 Å². The van der Waals surface area contributed by atoms with E-state index in [1.54, 1.807) is 24.3 Å². The normalized spacial score (nSPS) is 23.6. The number of nitrogens with zero attached hydrogens (tertiary/aromatic N) is 1. The fourth-order valence-electron chi connectivity index (χ4n) is 4.26. The van der Waals surface area contributed by atoms with Crippen LogP contribution in [-0.2, 0) is 11.3 Å². The number of rotatable bonds is 6. The van der Waals surface area contributed by atoms with Crippen LogP contribution in [0.1, 0.15) is 25.7 Å². The number of carbonyl (C=O) groups is 1. The molecule has 0 unspecified atom stereocenters. The van der Waals surface area contributed by atoms with E-state index in [1.807, 2.05) is 0 Å². The van der Waals surface area contributed by atoms with E-state index in [9.17, 15) is 14.4 Å². The molecular weight excluding hydrogens is 330 g/mol. The lowest BCUT2D eigenvalue weighted by atomic mass is 9.93. The Morgan fingerprint density at radius 1 is 1.19 bits per heavy atom. The first-order valence-electron chi connectivity index (χ1n) is 9.28. The maximum atomic E-state index is 12.4. The minimum Gasteiger partial charge on any atom is -0.356 e. The van der Waals surface area contributed by atoms with Crippen molar-refractivity contribution in [3.05, 3.63) is 57.3 Å². The number of H-pyrrole nitrogens is 1. The molecule has 2 aliphatic rings. The molecule has 2 N–H and O–H groups in total. The molecular formula is C20H23N3O3. The van der Waals surface area contributed by atoms with Gasteiger partial charge >= 0.3 is 5.69 Å². The van der Waals surface area contributed by atoms with Crippen LogP contribution in [0.4, 0.5) is 0 Å². The van der Waals surface area contributed by atoms with Gasteiger partial charge in [0, 0.05) is 19.5 Å². The van der Waals surface area contributed by atoms with E-state index in [4.69, 9.17) is 0 Å². The number of allylic oxidation sites excluding steroid dienone is 2. The number of aromatic amines is 1. The minimum atomic E-state index is -0.428. The molecule has 26 heavy (non-hydrogen) atoms. The summed E-state index contributed by atoms with van der Waals surface area (Å²) < 4.78 is 1.18. The summed E-state index contributed by atoms with van der Waals surface area (Å²) in [7, 11) is 0. The van der Waals surface area contributed by atoms with Crippen LogP contribution < -0.4 is 16.6 Å². The lowest BCUT2D eigenvalue weighted by Gasteiger charge is -2.18. The van der Waals surface area contributed by atoms with Crippen molar-refractivity contribution in [3.63, 3.8) is 0 Å². The smallest absolute Gasteiger partial charge is 0.328 e. The van der Waals surface area contributed by atoms with Gasteiger partial charge in [-0.2, -0.15) is 0 Å². The second-order valence-corrected chi connectivity index (χ2v) is 7.38. The van der Waals surface area contributed by atoms with Crippen molar-refractivity contribution >= 4 is 16.8 Å². The molecule has 1 fully saturated rings. The molecule has 1 aromatic heterocycles. The van der Waals surface area contributed by atoms with Gasteiger partial charge in [-0.05, 0) is 49.1 Å². The van der Waals surface area contributed by atoms with E-state index in [1.165, 1.54) is 17.4 Å². The third-order valence-corrected chi connectivity index (χ3v) is 5.65. The fraction of sp³-hybridized carbons (Fsp3) is 0.450. The molecule has 2 aromatic rings. The zero-order valence-electron chi connectivity index (χ0n) is 14.6. The zero-order valence-corrected chi connectivity index (χ0v) is 14.6. The molecule has 6 heteroatoms. The summed E-state index contributed by atoms with van der Waals surface area (Å²) in [4.78, 5) is 39.3. The monoisotopic (exact) mass is 353 g/mol. The van der Waals surface area contributed by atoms with E-state index in [2.05, 4.69) is 22.5 Å². The number of fused-ring (bicyclic) bond motifs is 3. The van der Waals surface area contributed by atoms with E-state index >= 15 is 0 Å². The van der Waals surface area contributed by atoms with E-state index < -0.39 is 5.69 Å². The molecule has 0 aliphatic heterocycles. The number of nitrogens with one attached hydrogen (secondary N) is 2. The van der Waals surface area contributed by atoms with Gasteiger partial charge in [-0.25, -0.2) is 4.79 Å². The van der Waals surface area contributed by atoms with E-state index in [0.29, 0.717) is 41.5 Å². The van der Waals surface area contributed by atoms with Gasteiger partial charge in [0.25, 0.3) is 5.56 Å². The van der Waals surface area contributed by atoms with E-state index in [-0.39, 0.29) is 18.0 Å². The number of carbonyl (C=O) groups excluding carboxylic acids is 1. The van der Waals surface area contributed by atoms with Gasteiger partial charge in [-0.1, -0.05) is 24.3 Å². The first-order valence-corrected chi connectivity index (χ1v) is 9.28. The Kier molecular flexibility index (Phi) is 4.49. The molecule has 2 aliphatic carbocycles. The predicted molar refractivity (Wildman–Crippen MR) is 99.9 cm³/mol. The van der Waals surface area contributed by atoms with Gasteiger partial charge in [0.05, 0.1) is 10.9 Å². The lowest BCUT2D eigenvalue weighted by molar-refractivity contribution is -0.121. The van der Waals surface area contributed by atoms with Crippen LogP contribution in [-0.4, -0.2) is 22.0 Å². The molecule has 1 amide bonds. The number of aromatic nitrogens is 2. The first kappa shape index (κ1) is 16.8. The average Bonchev–Trinajstić information content (AvgIpc) is 3.26. The Labute approximate surface area is 150 Å². The zero-order chi connectivity index (χ0) is 18.1. The molecule has 4 rings (SSSR count). The van der Waals surface area contributed by atoms with Gasteiger partial charge in [0.2, 0.25) is 5.91 Å². The van der Waals surface area contributed by atoms with Crippen LogP contribution in [0.3, 0.4) is 0 Å². The van der Waals surface area contributed by atoms with Crippen molar-refractivity contribution in [1.29, 1.82) is 0 Å². The Hall–Kier alpha value is -2.63. The second kappa shape index (κ2) is 6.94. The van der Waals surface area contributed by atoms with Crippen molar-refractivity contribution in [3.8, 4) is 0 Å². The first-order chi connectivity index (χ1) is 12.6. The Morgan fingerprint density at radius 3 is 2.81 bits per heavy atom. The third-order valence-electron chi connectivity index (χ3n) is 5.65. The number of para-hydroxylation sites is 1. The molecule has 0 spiro atoms. The summed E-state index contributed by atoms with van der Waals surface area (Å²) in [6, 6.07) is 6.95. The summed E-state index contributed by atoms with van der Waals surface area (Å²) in [5.41, 5.74) is -0.196. The van der Waals surface area contributed by atoms with Crippen molar-refractivity contribution in [1.82, 2.24) is 14.9 Å². The Bertz CT molecular complexity index is 972. The molecule has 2 bridgehead atoms. The topological polar surface area (TPSA) is 84.0 Å². The highest BCUT2D eigenvalue weighted by molar-refractivity contribution is 5.77. The van der Waals surface area contributed by atoms with Crippen LogP contribution in [0.5, 0.6) is 0 Å². The highest BCUT2D eigenvalue weighted by Gasteiger charge is 2.35. The second-order valence-electron chi connectivity index (χ2n) is 7.38. The summed E-state index contributed by atoms with van der Waals surface area (Å²) in [6.07, 6.45) is 7.75. The van der Waals surface area contributed by atoms with Crippen molar-refractivity contribution in [2.45, 2.75) is 32.2 Å². The van der Waals surface area contributed by atoms with Crippen LogP contribution in [0.15, 0.2) is 46.0 Å². The summed E-state index contributed by atoms with van der Waals surface area (Å²) in [5, 5.41) is 3.50. The summed E-state index contributed by atoms with van der Waals surface area (Å²) >= 11 is 0. The van der Waals surface area contributed by atoms with Crippen molar-refractivity contribution in [2.24, 2.45) is 17.8 Å². The maximum Gasteiger partial charge on any atom is 0.328 e. The molecule has 1 heterocycles. The number of hydrogen-bond acceptors (Lipinski definition) is 3. The number of hydrogen-bond donors (Lipinski definition) is 2. The van der Waals surface area contributed by atoms with Crippen LogP contribution in [0.25, 0.3) is 10.9 Å². The molecule has 1 aromatic carbocycles. The predicted octanol–water partition coefficient (Wildman–Crippen LogP) is 1.80. The van der Waals surface area contributed by atoms with Crippen molar-refractivity contribution < 1.29 is 4.79 Å². The maximum absolute atomic E-state index is 12.4. The van der Waals surface area contributed by atoms with Gasteiger partial charge in [-0.15, -0.1) is 0 Å². The van der Waals surface area contributed by atoms with Crippen molar-refractivity contribution in [2.75, 3.05) is 6.54 Å². The Morgan fingerprint density at radius 2 is 2.04 bits per heavy atom. The number of amides is 1. The summed E-state index contributed by atoms with van der Waals surface area (Å²) in [5.74, 6) is 1.87. The fourth-order valence-corrected chi connectivity index (χ4v) is 4.26. The van der Waals surface area contributed by atoms with E-state index in [0.717, 1.165) is 6.54 Å². The quantitative estimate of drug-likeness (QED) is 0.777. The van der Waals surface area contributed by atoms with Gasteiger partial charge in [-0.3, -0.25) is 14.2 Å². The Balaban J connectivity index is 1.31. The van der Waals surface area contributed by atoms with Crippen LogP contribution in [0.2, 0.25) is 0 Å². The SMILES string of the molecule is O=C(CCCn1c(=O)[nH]c2ccccc2c1=O)NC[C@@H]1C[C@@H]2C=C[C@@H]1C2. The third kappa shape index (κ3) is 3.23. The summed E-state index contributed by atoms with van der Waals surface area (Å²) in [6.45, 7) is 0.962. The molecule has 136 valence electrons. The van der Waals surface area contributed by atoms with Gasteiger partial charge in [0.1, 0.15) is 0 Å². The van der Waals surface area contributed by atoms with Crippen LogP contribution >= 0.6 is 0 Å². The van der Waals surface area contributed by atoms with Crippen LogP contribution in [0, 0.1) is 17.8 Å². The molecule has 6 nitrogen and oxygen atoms in total. The standard InChI is InChI=1S/C20H23N3O3/c24-18(21-12-15-11-13-7-8-14(15)10-13)6-3-9-23-19(25)16-4-1-2-5-17(16)22-20(23)26/h1-2,4-5,7-8,13-15H,3,6,9-12H2,(H,21,24)(H,22,26)/t13-,14-,15+/m1/s1. The largest absolute Gasteiger partial charge is 0.356 e. The number of benzene rings is 1. The molecule has 0 radical (unpaired) electrons. The molecule has 3 atom stereocenters. The minimum absolute atomic E-state index is 0.0120. The van der Waals surface area contributed by atoms with Gasteiger partial charge < -0.3 is 10.3 Å². The highest BCUT2D eigenvalue weighted by Crippen LogP contribution is 2.42. The molecule has 0 saturated heterocycles. The highest BCUT2D eigenvalue weighted by atomic mass is 16.2. The lowest BCUT2D eigenvalue weighted by Crippen LogP contribution is -2.35. The molecule has 1 saturated carbocycles. The average molecular weight is 353 g/mol.